The van der Waals surface area contributed by atoms with Crippen molar-refractivity contribution in [2.75, 3.05) is 6.61 Å². The second kappa shape index (κ2) is 7.67. The molecule has 6 heteroatoms. The summed E-state index contributed by atoms with van der Waals surface area (Å²) in [5.41, 5.74) is 0. The van der Waals surface area contributed by atoms with Gasteiger partial charge in [0.15, 0.2) is 0 Å². The van der Waals surface area contributed by atoms with E-state index in [9.17, 15) is 14.4 Å². The Bertz CT molecular complexity index is 264. The zero-order valence-corrected chi connectivity index (χ0v) is 9.49. The van der Waals surface area contributed by atoms with Gasteiger partial charge in [0.05, 0.1) is 13.0 Å². The van der Waals surface area contributed by atoms with Gasteiger partial charge in [0, 0.05) is 6.42 Å². The Morgan fingerprint density at radius 3 is 2.31 bits per heavy atom. The number of carbonyl (C=O) groups excluding carboxylic acids is 2. The molecule has 92 valence electrons. The zero-order valence-electron chi connectivity index (χ0n) is 9.49. The fourth-order valence-corrected chi connectivity index (χ4v) is 1.05. The molecule has 1 unspecified atom stereocenters. The van der Waals surface area contributed by atoms with E-state index in [4.69, 9.17) is 5.11 Å². The Kier molecular flexibility index (Phi) is 6.91. The van der Waals surface area contributed by atoms with Crippen LogP contribution in [-0.4, -0.2) is 35.6 Å². The first-order valence-electron chi connectivity index (χ1n) is 5.19. The molecular formula is C10H17NO5. The van der Waals surface area contributed by atoms with E-state index >= 15 is 0 Å². The van der Waals surface area contributed by atoms with Crippen LogP contribution in [0.4, 0.5) is 0 Å². The highest BCUT2D eigenvalue weighted by atomic mass is 16.5. The molecule has 6 nitrogen and oxygen atoms in total. The molecular weight excluding hydrogens is 214 g/mol. The van der Waals surface area contributed by atoms with Crippen molar-refractivity contribution in [3.05, 3.63) is 0 Å². The minimum atomic E-state index is -1.08. The molecule has 0 fully saturated rings. The molecule has 0 aliphatic rings. The van der Waals surface area contributed by atoms with E-state index in [-0.39, 0.29) is 19.4 Å². The molecule has 0 saturated heterocycles. The maximum Gasteiger partial charge on any atom is 0.326 e. The van der Waals surface area contributed by atoms with Crippen LogP contribution < -0.4 is 5.32 Å². The summed E-state index contributed by atoms with van der Waals surface area (Å²) in [5, 5.41) is 11.0. The van der Waals surface area contributed by atoms with E-state index in [2.05, 4.69) is 10.1 Å². The first kappa shape index (κ1) is 14.4. The summed E-state index contributed by atoms with van der Waals surface area (Å²) in [6, 6.07) is -0.894. The van der Waals surface area contributed by atoms with Crippen LogP contribution in [0.5, 0.6) is 0 Å². The van der Waals surface area contributed by atoms with Crippen molar-refractivity contribution in [3.8, 4) is 0 Å². The minimum absolute atomic E-state index is 0.0320. The Balaban J connectivity index is 3.89. The highest BCUT2D eigenvalue weighted by molar-refractivity contribution is 5.85. The Morgan fingerprint density at radius 2 is 1.88 bits per heavy atom. The van der Waals surface area contributed by atoms with Gasteiger partial charge >= 0.3 is 11.9 Å². The van der Waals surface area contributed by atoms with Crippen LogP contribution >= 0.6 is 0 Å². The molecule has 0 aliphatic carbocycles. The maximum absolute atomic E-state index is 11.2. The lowest BCUT2D eigenvalue weighted by Gasteiger charge is -2.11. The number of rotatable bonds is 7. The summed E-state index contributed by atoms with van der Waals surface area (Å²) < 4.78 is 4.64. The maximum atomic E-state index is 11.2. The largest absolute Gasteiger partial charge is 0.480 e. The summed E-state index contributed by atoms with van der Waals surface area (Å²) in [5.74, 6) is -1.99. The normalized spacial score (nSPS) is 11.6. The molecule has 0 radical (unpaired) electrons. The van der Waals surface area contributed by atoms with E-state index in [1.807, 2.05) is 0 Å². The lowest BCUT2D eigenvalue weighted by molar-refractivity contribution is -0.144. The van der Waals surface area contributed by atoms with Gasteiger partial charge in [-0.1, -0.05) is 6.92 Å². The molecule has 2 N–H and O–H groups in total. The molecule has 1 amide bonds. The molecule has 0 spiro atoms. The van der Waals surface area contributed by atoms with Gasteiger partial charge in [-0.15, -0.1) is 0 Å². The van der Waals surface area contributed by atoms with Crippen molar-refractivity contribution in [1.29, 1.82) is 0 Å². The third kappa shape index (κ3) is 6.00. The average Bonchev–Trinajstić information content (AvgIpc) is 2.23. The van der Waals surface area contributed by atoms with Crippen LogP contribution in [0.15, 0.2) is 0 Å². The number of nitrogens with one attached hydrogen (secondary N) is 1. The van der Waals surface area contributed by atoms with Gasteiger partial charge in [-0.3, -0.25) is 9.59 Å². The van der Waals surface area contributed by atoms with Crippen LogP contribution in [0.25, 0.3) is 0 Å². The lowest BCUT2D eigenvalue weighted by atomic mass is 10.2. The van der Waals surface area contributed by atoms with E-state index in [1.165, 1.54) is 0 Å². The van der Waals surface area contributed by atoms with E-state index in [1.54, 1.807) is 13.8 Å². The monoisotopic (exact) mass is 231 g/mol. The fourth-order valence-electron chi connectivity index (χ4n) is 1.05. The van der Waals surface area contributed by atoms with E-state index < -0.39 is 23.9 Å². The van der Waals surface area contributed by atoms with Crippen molar-refractivity contribution in [2.24, 2.45) is 0 Å². The molecule has 0 rings (SSSR count). The number of carboxylic acids is 1. The minimum Gasteiger partial charge on any atom is -0.480 e. The van der Waals surface area contributed by atoms with Gasteiger partial charge < -0.3 is 15.2 Å². The molecule has 0 aromatic carbocycles. The number of carbonyl (C=O) groups is 3. The number of hydrogen-bond acceptors (Lipinski definition) is 4. The van der Waals surface area contributed by atoms with Crippen molar-refractivity contribution in [2.45, 2.75) is 39.2 Å². The molecule has 0 bridgehead atoms. The van der Waals surface area contributed by atoms with Crippen LogP contribution in [-0.2, 0) is 19.1 Å². The molecule has 0 aromatic heterocycles. The highest BCUT2D eigenvalue weighted by Gasteiger charge is 2.17. The standard InChI is InChI=1S/C10H17NO5/c1-3-7(10(14)15)11-8(12)5-6-9(13)16-4-2/h7H,3-6H2,1-2H3,(H,11,12)(H,14,15). The predicted molar refractivity (Wildman–Crippen MR) is 55.7 cm³/mol. The summed E-state index contributed by atoms with van der Waals surface area (Å²) in [4.78, 5) is 32.8. The van der Waals surface area contributed by atoms with E-state index in [0.29, 0.717) is 6.42 Å². The summed E-state index contributed by atoms with van der Waals surface area (Å²) in [6.45, 7) is 3.60. The lowest BCUT2D eigenvalue weighted by Crippen LogP contribution is -2.40. The predicted octanol–water partition coefficient (Wildman–Crippen LogP) is 0.309. The van der Waals surface area contributed by atoms with E-state index in [0.717, 1.165) is 0 Å². The number of ether oxygens (including phenoxy) is 1. The molecule has 0 aromatic rings. The average molecular weight is 231 g/mol. The van der Waals surface area contributed by atoms with Crippen LogP contribution in [0, 0.1) is 0 Å². The van der Waals surface area contributed by atoms with Gasteiger partial charge in [0.2, 0.25) is 5.91 Å². The molecule has 0 aliphatic heterocycles. The third-order valence-electron chi connectivity index (χ3n) is 1.90. The first-order valence-corrected chi connectivity index (χ1v) is 5.19. The van der Waals surface area contributed by atoms with Crippen LogP contribution in [0.3, 0.4) is 0 Å². The summed E-state index contributed by atoms with van der Waals surface area (Å²) >= 11 is 0. The summed E-state index contributed by atoms with van der Waals surface area (Å²) in [7, 11) is 0. The highest BCUT2D eigenvalue weighted by Crippen LogP contribution is 1.96. The molecule has 16 heavy (non-hydrogen) atoms. The van der Waals surface area contributed by atoms with Crippen LogP contribution in [0.1, 0.15) is 33.1 Å². The number of esters is 1. The number of amides is 1. The number of hydrogen-bond donors (Lipinski definition) is 2. The molecule has 0 heterocycles. The molecule has 0 saturated carbocycles. The second-order valence-electron chi connectivity index (χ2n) is 3.17. The van der Waals surface area contributed by atoms with Crippen molar-refractivity contribution >= 4 is 17.8 Å². The van der Waals surface area contributed by atoms with Gasteiger partial charge in [-0.25, -0.2) is 4.79 Å². The summed E-state index contributed by atoms with van der Waals surface area (Å²) in [6.07, 6.45) is 0.221. The second-order valence-corrected chi connectivity index (χ2v) is 3.17. The Hall–Kier alpha value is -1.59. The van der Waals surface area contributed by atoms with Crippen molar-refractivity contribution in [1.82, 2.24) is 5.32 Å². The number of carboxylic acid groups (broad SMARTS) is 1. The Labute approximate surface area is 94.0 Å². The number of aliphatic carboxylic acids is 1. The van der Waals surface area contributed by atoms with Crippen molar-refractivity contribution in [3.63, 3.8) is 0 Å². The Morgan fingerprint density at radius 1 is 1.25 bits per heavy atom. The van der Waals surface area contributed by atoms with Gasteiger partial charge in [-0.2, -0.15) is 0 Å². The van der Waals surface area contributed by atoms with Crippen LogP contribution in [0.2, 0.25) is 0 Å². The van der Waals surface area contributed by atoms with Gasteiger partial charge in [0.25, 0.3) is 0 Å². The fraction of sp³-hybridized carbons (Fsp3) is 0.700. The quantitative estimate of drug-likeness (QED) is 0.615. The third-order valence-corrected chi connectivity index (χ3v) is 1.90. The van der Waals surface area contributed by atoms with Gasteiger partial charge in [-0.05, 0) is 13.3 Å². The first-order chi connectivity index (χ1) is 7.51. The van der Waals surface area contributed by atoms with Gasteiger partial charge in [0.1, 0.15) is 6.04 Å². The molecule has 1 atom stereocenters. The smallest absolute Gasteiger partial charge is 0.326 e. The van der Waals surface area contributed by atoms with Crippen molar-refractivity contribution < 1.29 is 24.2 Å². The SMILES string of the molecule is CCOC(=O)CCC(=O)NC(CC)C(=O)O. The zero-order chi connectivity index (χ0) is 12.6. The topological polar surface area (TPSA) is 92.7 Å².